The summed E-state index contributed by atoms with van der Waals surface area (Å²) in [7, 11) is -3.76. The molecule has 4 bridgehead atoms. The van der Waals surface area contributed by atoms with Crippen LogP contribution in [0.4, 0.5) is 10.1 Å². The second-order valence-corrected chi connectivity index (χ2v) is 15.4. The third kappa shape index (κ3) is 6.17. The number of carbonyl (C=O) groups is 2. The first-order valence-corrected chi connectivity index (χ1v) is 17.5. The normalized spacial score (nSPS) is 25.8. The molecule has 4 saturated carbocycles. The van der Waals surface area contributed by atoms with Gasteiger partial charge in [0.05, 0.1) is 5.75 Å². The number of sulfonamides is 1. The zero-order chi connectivity index (χ0) is 31.3. The molecule has 5 fully saturated rings. The average molecular weight is 632 g/mol. The number of carbonyl (C=O) groups excluding carboxylic acids is 2. The first-order chi connectivity index (χ1) is 21.5. The van der Waals surface area contributed by atoms with E-state index in [-0.39, 0.29) is 34.0 Å². The molecule has 3 aromatic carbocycles. The molecule has 0 unspecified atom stereocenters. The van der Waals surface area contributed by atoms with Crippen molar-refractivity contribution in [3.63, 3.8) is 0 Å². The van der Waals surface area contributed by atoms with Gasteiger partial charge in [0.2, 0.25) is 10.0 Å². The molecule has 1 saturated heterocycles. The Bertz CT molecular complexity index is 1700. The van der Waals surface area contributed by atoms with Crippen LogP contribution in [0.1, 0.15) is 59.2 Å². The molecule has 10 heteroatoms. The number of piperazine rings is 1. The number of anilines is 1. The van der Waals surface area contributed by atoms with Crippen LogP contribution in [0.15, 0.2) is 66.7 Å². The Morgan fingerprint density at radius 2 is 1.47 bits per heavy atom. The number of nitrogens with one attached hydrogen (secondary N) is 1. The van der Waals surface area contributed by atoms with Gasteiger partial charge in [-0.1, -0.05) is 18.2 Å². The molecule has 0 spiro atoms. The van der Waals surface area contributed by atoms with Crippen LogP contribution in [-0.2, 0) is 10.0 Å². The zero-order valence-electron chi connectivity index (χ0n) is 25.1. The number of aromatic hydroxyl groups is 1. The Morgan fingerprint density at radius 1 is 0.844 bits per heavy atom. The van der Waals surface area contributed by atoms with Gasteiger partial charge in [-0.25, -0.2) is 17.5 Å². The molecule has 0 aromatic heterocycles. The number of phenols is 1. The SMILES string of the molecule is O=C(NS(=O)(=O)CC12CC3CC(CC(C3)C1)C2)c1ccc(N2CCN(C(=O)c3ccc(-c4cccc(O)c4)c(F)c3)CC2)cc1. The summed E-state index contributed by atoms with van der Waals surface area (Å²) in [5.74, 6) is 0.600. The maximum absolute atomic E-state index is 14.9. The van der Waals surface area contributed by atoms with Crippen LogP contribution >= 0.6 is 0 Å². The quantitative estimate of drug-likeness (QED) is 0.360. The summed E-state index contributed by atoms with van der Waals surface area (Å²) in [6.07, 6.45) is 6.60. The summed E-state index contributed by atoms with van der Waals surface area (Å²) in [6.45, 7) is 2.00. The van der Waals surface area contributed by atoms with Gasteiger partial charge < -0.3 is 14.9 Å². The number of nitrogens with zero attached hydrogens (tertiary/aromatic N) is 2. The lowest BCUT2D eigenvalue weighted by Gasteiger charge is -2.56. The Kier molecular flexibility index (Phi) is 7.58. The molecule has 2 N–H and O–H groups in total. The lowest BCUT2D eigenvalue weighted by Crippen LogP contribution is -2.51. The van der Waals surface area contributed by atoms with Crippen LogP contribution in [0.2, 0.25) is 0 Å². The van der Waals surface area contributed by atoms with Crippen LogP contribution in [0, 0.1) is 29.0 Å². The van der Waals surface area contributed by atoms with Crippen molar-refractivity contribution in [2.75, 3.05) is 36.8 Å². The summed E-state index contributed by atoms with van der Waals surface area (Å²) in [6, 6.07) is 17.6. The lowest BCUT2D eigenvalue weighted by molar-refractivity contribution is -0.0391. The van der Waals surface area contributed by atoms with Gasteiger partial charge in [0.15, 0.2) is 0 Å². The van der Waals surface area contributed by atoms with Gasteiger partial charge in [-0.05, 0) is 116 Å². The van der Waals surface area contributed by atoms with E-state index in [1.807, 2.05) is 0 Å². The molecule has 45 heavy (non-hydrogen) atoms. The maximum atomic E-state index is 14.9. The highest BCUT2D eigenvalue weighted by atomic mass is 32.2. The van der Waals surface area contributed by atoms with Crippen LogP contribution in [-0.4, -0.2) is 62.2 Å². The van der Waals surface area contributed by atoms with E-state index >= 15 is 0 Å². The van der Waals surface area contributed by atoms with Crippen molar-refractivity contribution in [2.45, 2.75) is 38.5 Å². The summed E-state index contributed by atoms with van der Waals surface area (Å²) in [4.78, 5) is 29.9. The smallest absolute Gasteiger partial charge is 0.264 e. The fourth-order valence-corrected chi connectivity index (χ4v) is 10.5. The lowest BCUT2D eigenvalue weighted by atomic mass is 9.50. The molecule has 0 radical (unpaired) electrons. The zero-order valence-corrected chi connectivity index (χ0v) is 25.9. The van der Waals surface area contributed by atoms with Gasteiger partial charge in [-0.2, -0.15) is 0 Å². The van der Waals surface area contributed by atoms with E-state index in [9.17, 15) is 27.5 Å². The highest BCUT2D eigenvalue weighted by Crippen LogP contribution is 2.60. The van der Waals surface area contributed by atoms with Gasteiger partial charge in [0.1, 0.15) is 11.6 Å². The third-order valence-electron chi connectivity index (χ3n) is 10.3. The monoisotopic (exact) mass is 631 g/mol. The van der Waals surface area contributed by atoms with Crippen molar-refractivity contribution >= 4 is 27.5 Å². The molecule has 0 atom stereocenters. The highest BCUT2D eigenvalue weighted by Gasteiger charge is 2.52. The number of hydrogen-bond acceptors (Lipinski definition) is 6. The second kappa shape index (κ2) is 11.5. The number of rotatable bonds is 7. The number of amides is 2. The van der Waals surface area contributed by atoms with Crippen LogP contribution < -0.4 is 9.62 Å². The van der Waals surface area contributed by atoms with E-state index in [2.05, 4.69) is 9.62 Å². The first kappa shape index (κ1) is 29.8. The van der Waals surface area contributed by atoms with Crippen molar-refractivity contribution in [2.24, 2.45) is 23.2 Å². The van der Waals surface area contributed by atoms with E-state index < -0.39 is 21.7 Å². The highest BCUT2D eigenvalue weighted by molar-refractivity contribution is 7.90. The van der Waals surface area contributed by atoms with E-state index in [1.165, 1.54) is 37.5 Å². The van der Waals surface area contributed by atoms with Crippen molar-refractivity contribution in [1.82, 2.24) is 9.62 Å². The topological polar surface area (TPSA) is 107 Å². The number of halogens is 1. The molecule has 5 aliphatic rings. The van der Waals surface area contributed by atoms with Crippen LogP contribution in [0.25, 0.3) is 11.1 Å². The minimum absolute atomic E-state index is 0.0324. The van der Waals surface area contributed by atoms with E-state index in [4.69, 9.17) is 0 Å². The van der Waals surface area contributed by atoms with E-state index in [1.54, 1.807) is 53.4 Å². The van der Waals surface area contributed by atoms with Crippen LogP contribution in [0.3, 0.4) is 0 Å². The van der Waals surface area contributed by atoms with Gasteiger partial charge >= 0.3 is 0 Å². The maximum Gasteiger partial charge on any atom is 0.264 e. The molecule has 1 aliphatic heterocycles. The molecule has 3 aromatic rings. The van der Waals surface area contributed by atoms with Gasteiger partial charge in [-0.15, -0.1) is 0 Å². The third-order valence-corrected chi connectivity index (χ3v) is 11.8. The molecular formula is C35H38FN3O5S. The number of phenolic OH excluding ortho intramolecular Hbond substituents is 1. The Hall–Kier alpha value is -3.92. The predicted octanol–water partition coefficient (Wildman–Crippen LogP) is 5.44. The van der Waals surface area contributed by atoms with Crippen molar-refractivity contribution in [1.29, 1.82) is 0 Å². The molecule has 4 aliphatic carbocycles. The van der Waals surface area contributed by atoms with Crippen molar-refractivity contribution in [3.05, 3.63) is 83.7 Å². The second-order valence-electron chi connectivity index (χ2n) is 13.7. The summed E-state index contributed by atoms with van der Waals surface area (Å²) in [5, 5.41) is 9.72. The van der Waals surface area contributed by atoms with E-state index in [0.29, 0.717) is 55.1 Å². The number of benzene rings is 3. The number of hydrogen-bond donors (Lipinski definition) is 2. The Balaban J connectivity index is 0.934. The fraction of sp³-hybridized carbons (Fsp3) is 0.429. The van der Waals surface area contributed by atoms with E-state index in [0.717, 1.165) is 24.9 Å². The molecule has 8 rings (SSSR count). The summed E-state index contributed by atoms with van der Waals surface area (Å²) in [5.41, 5.74) is 2.08. The molecule has 1 heterocycles. The molecule has 8 nitrogen and oxygen atoms in total. The Labute approximate surface area is 263 Å². The first-order valence-electron chi connectivity index (χ1n) is 15.8. The van der Waals surface area contributed by atoms with Gasteiger partial charge in [0.25, 0.3) is 11.8 Å². The minimum Gasteiger partial charge on any atom is -0.508 e. The molecule has 236 valence electrons. The molecule has 2 amide bonds. The minimum atomic E-state index is -3.76. The molecular weight excluding hydrogens is 593 g/mol. The fourth-order valence-electron chi connectivity index (χ4n) is 8.84. The standard InChI is InChI=1S/C35H38FN3O5S/c36-32-18-28(6-9-31(32)27-2-1-3-30(40)17-27)34(42)39-12-10-38(11-13-39)29-7-4-26(5-8-29)33(41)37-45(43,44)22-35-19-23-14-24(20-35)16-25(15-23)21-35/h1-9,17-18,23-25,40H,10-16,19-22H2,(H,37,41). The van der Waals surface area contributed by atoms with Gasteiger partial charge in [-0.3, -0.25) is 9.59 Å². The van der Waals surface area contributed by atoms with Crippen molar-refractivity contribution < 1.29 is 27.5 Å². The average Bonchev–Trinajstić information content (AvgIpc) is 2.99. The Morgan fingerprint density at radius 3 is 2.07 bits per heavy atom. The van der Waals surface area contributed by atoms with Crippen LogP contribution in [0.5, 0.6) is 5.75 Å². The summed E-state index contributed by atoms with van der Waals surface area (Å²) >= 11 is 0. The predicted molar refractivity (Wildman–Crippen MR) is 170 cm³/mol. The summed E-state index contributed by atoms with van der Waals surface area (Å²) < 4.78 is 43.5. The largest absolute Gasteiger partial charge is 0.508 e. The van der Waals surface area contributed by atoms with Crippen molar-refractivity contribution in [3.8, 4) is 16.9 Å². The van der Waals surface area contributed by atoms with Gasteiger partial charge in [0, 0.05) is 48.6 Å².